The van der Waals surface area contributed by atoms with E-state index in [9.17, 15) is 5.11 Å². The zero-order valence-corrected chi connectivity index (χ0v) is 14.4. The molecule has 0 aliphatic rings. The Hall–Kier alpha value is -2.56. The average molecular weight is 336 g/mol. The number of aliphatic hydroxyl groups is 1. The minimum atomic E-state index is -0.569. The van der Waals surface area contributed by atoms with Gasteiger partial charge in [-0.1, -0.05) is 42.5 Å². The summed E-state index contributed by atoms with van der Waals surface area (Å²) in [7, 11) is 2.01. The molecule has 3 aromatic rings. The molecule has 0 saturated heterocycles. The van der Waals surface area contributed by atoms with Gasteiger partial charge in [0.2, 0.25) is 0 Å². The molecule has 0 fully saturated rings. The quantitative estimate of drug-likeness (QED) is 0.662. The van der Waals surface area contributed by atoms with Gasteiger partial charge in [0.25, 0.3) is 0 Å². The molecule has 0 amide bonds. The molecule has 25 heavy (non-hydrogen) atoms. The molecule has 0 aliphatic carbocycles. The molecule has 0 bridgehead atoms. The molecule has 4 nitrogen and oxygen atoms in total. The first-order valence-corrected chi connectivity index (χ1v) is 8.48. The monoisotopic (exact) mass is 336 g/mol. The van der Waals surface area contributed by atoms with Crippen molar-refractivity contribution in [3.8, 4) is 5.75 Å². The Balaban J connectivity index is 1.52. The molecule has 0 spiro atoms. The van der Waals surface area contributed by atoms with Gasteiger partial charge in [-0.15, -0.1) is 0 Å². The van der Waals surface area contributed by atoms with E-state index in [1.807, 2.05) is 73.9 Å². The lowest BCUT2D eigenvalue weighted by Crippen LogP contribution is -2.22. The van der Waals surface area contributed by atoms with Gasteiger partial charge in [0.1, 0.15) is 12.4 Å². The van der Waals surface area contributed by atoms with E-state index < -0.39 is 6.10 Å². The number of aromatic nitrogens is 1. The van der Waals surface area contributed by atoms with E-state index in [4.69, 9.17) is 4.74 Å². The number of hydrogen-bond acceptors (Lipinski definition) is 3. The first-order chi connectivity index (χ1) is 12.2. The SMILES string of the molecule is Cn1cccc1CNCC(O)c1cccc(OCc2ccccc2)c1. The highest BCUT2D eigenvalue weighted by molar-refractivity contribution is 5.30. The van der Waals surface area contributed by atoms with E-state index in [1.54, 1.807) is 0 Å². The summed E-state index contributed by atoms with van der Waals surface area (Å²) >= 11 is 0. The van der Waals surface area contributed by atoms with E-state index in [-0.39, 0.29) is 0 Å². The maximum Gasteiger partial charge on any atom is 0.120 e. The topological polar surface area (TPSA) is 46.4 Å². The number of hydrogen-bond donors (Lipinski definition) is 2. The van der Waals surface area contributed by atoms with Gasteiger partial charge in [0.05, 0.1) is 6.10 Å². The second kappa shape index (κ2) is 8.51. The number of aliphatic hydroxyl groups excluding tert-OH is 1. The van der Waals surface area contributed by atoms with Crippen LogP contribution in [0.4, 0.5) is 0 Å². The van der Waals surface area contributed by atoms with Crippen LogP contribution in [0.3, 0.4) is 0 Å². The minimum Gasteiger partial charge on any atom is -0.489 e. The second-order valence-corrected chi connectivity index (χ2v) is 6.10. The van der Waals surface area contributed by atoms with Crippen molar-refractivity contribution >= 4 is 0 Å². The summed E-state index contributed by atoms with van der Waals surface area (Å²) in [6, 6.07) is 21.8. The van der Waals surface area contributed by atoms with Gasteiger partial charge < -0.3 is 19.7 Å². The smallest absolute Gasteiger partial charge is 0.120 e. The molecule has 1 heterocycles. The van der Waals surface area contributed by atoms with Gasteiger partial charge in [-0.05, 0) is 35.4 Å². The normalized spacial score (nSPS) is 12.1. The molecular formula is C21H24N2O2. The summed E-state index contributed by atoms with van der Waals surface area (Å²) in [5.74, 6) is 0.767. The van der Waals surface area contributed by atoms with Crippen LogP contribution >= 0.6 is 0 Å². The molecule has 3 rings (SSSR count). The average Bonchev–Trinajstić information content (AvgIpc) is 3.06. The minimum absolute atomic E-state index is 0.493. The Morgan fingerprint density at radius 1 is 1.04 bits per heavy atom. The molecule has 0 saturated carbocycles. The number of rotatable bonds is 8. The molecular weight excluding hydrogens is 312 g/mol. The van der Waals surface area contributed by atoms with Crippen molar-refractivity contribution in [1.82, 2.24) is 9.88 Å². The van der Waals surface area contributed by atoms with Crippen molar-refractivity contribution in [2.45, 2.75) is 19.3 Å². The zero-order valence-electron chi connectivity index (χ0n) is 14.4. The van der Waals surface area contributed by atoms with Gasteiger partial charge in [-0.25, -0.2) is 0 Å². The molecule has 1 atom stereocenters. The predicted octanol–water partition coefficient (Wildman–Crippen LogP) is 3.43. The third-order valence-corrected chi connectivity index (χ3v) is 4.19. The summed E-state index contributed by atoms with van der Waals surface area (Å²) in [5, 5.41) is 13.7. The lowest BCUT2D eigenvalue weighted by Gasteiger charge is -2.14. The highest BCUT2D eigenvalue weighted by atomic mass is 16.5. The van der Waals surface area contributed by atoms with Crippen molar-refractivity contribution in [2.75, 3.05) is 6.54 Å². The lowest BCUT2D eigenvalue weighted by atomic mass is 10.1. The number of benzene rings is 2. The van der Waals surface area contributed by atoms with Crippen LogP contribution in [0.5, 0.6) is 5.75 Å². The van der Waals surface area contributed by atoms with Gasteiger partial charge in [0, 0.05) is 32.0 Å². The highest BCUT2D eigenvalue weighted by Crippen LogP contribution is 2.20. The van der Waals surface area contributed by atoms with Gasteiger partial charge in [-0.2, -0.15) is 0 Å². The maximum atomic E-state index is 10.4. The number of nitrogens with one attached hydrogen (secondary N) is 1. The molecule has 1 unspecified atom stereocenters. The summed E-state index contributed by atoms with van der Waals surface area (Å²) in [5.41, 5.74) is 3.16. The fourth-order valence-corrected chi connectivity index (χ4v) is 2.69. The van der Waals surface area contributed by atoms with Crippen LogP contribution in [0.2, 0.25) is 0 Å². The van der Waals surface area contributed by atoms with E-state index >= 15 is 0 Å². The molecule has 4 heteroatoms. The highest BCUT2D eigenvalue weighted by Gasteiger charge is 2.09. The van der Waals surface area contributed by atoms with E-state index in [2.05, 4.69) is 16.0 Å². The van der Waals surface area contributed by atoms with Crippen molar-refractivity contribution in [3.63, 3.8) is 0 Å². The van der Waals surface area contributed by atoms with Crippen LogP contribution in [0.25, 0.3) is 0 Å². The molecule has 2 N–H and O–H groups in total. The van der Waals surface area contributed by atoms with Gasteiger partial charge in [0.15, 0.2) is 0 Å². The zero-order chi connectivity index (χ0) is 17.5. The van der Waals surface area contributed by atoms with Crippen LogP contribution in [-0.4, -0.2) is 16.2 Å². The van der Waals surface area contributed by atoms with Crippen molar-refractivity contribution < 1.29 is 9.84 Å². The standard InChI is InChI=1S/C21H24N2O2/c1-23-12-6-10-19(23)14-22-15-21(24)18-9-5-11-20(13-18)25-16-17-7-3-2-4-8-17/h2-13,21-22,24H,14-16H2,1H3. The Kier molecular flexibility index (Phi) is 5.88. The summed E-state index contributed by atoms with van der Waals surface area (Å²) < 4.78 is 7.89. The second-order valence-electron chi connectivity index (χ2n) is 6.10. The lowest BCUT2D eigenvalue weighted by molar-refractivity contribution is 0.173. The third kappa shape index (κ3) is 4.95. The number of ether oxygens (including phenoxy) is 1. The Bertz CT molecular complexity index is 783. The maximum absolute atomic E-state index is 10.4. The largest absolute Gasteiger partial charge is 0.489 e. The first kappa shape index (κ1) is 17.3. The molecule has 0 radical (unpaired) electrons. The van der Waals surface area contributed by atoms with E-state index in [1.165, 1.54) is 5.69 Å². The summed E-state index contributed by atoms with van der Waals surface area (Å²) in [4.78, 5) is 0. The van der Waals surface area contributed by atoms with Gasteiger partial charge >= 0.3 is 0 Å². The molecule has 0 aliphatic heterocycles. The number of nitrogens with zero attached hydrogens (tertiary/aromatic N) is 1. The Morgan fingerprint density at radius 2 is 1.88 bits per heavy atom. The van der Waals surface area contributed by atoms with E-state index in [0.717, 1.165) is 23.4 Å². The number of aryl methyl sites for hydroxylation is 1. The fourth-order valence-electron chi connectivity index (χ4n) is 2.69. The Morgan fingerprint density at radius 3 is 2.64 bits per heavy atom. The van der Waals surface area contributed by atoms with Crippen molar-refractivity contribution in [1.29, 1.82) is 0 Å². The molecule has 130 valence electrons. The Labute approximate surface area is 148 Å². The fraction of sp³-hybridized carbons (Fsp3) is 0.238. The van der Waals surface area contributed by atoms with Crippen LogP contribution in [0, 0.1) is 0 Å². The van der Waals surface area contributed by atoms with Crippen LogP contribution in [0.15, 0.2) is 72.9 Å². The van der Waals surface area contributed by atoms with Gasteiger partial charge in [-0.3, -0.25) is 0 Å². The van der Waals surface area contributed by atoms with Crippen molar-refractivity contribution in [3.05, 3.63) is 89.7 Å². The summed E-state index contributed by atoms with van der Waals surface area (Å²) in [6.45, 7) is 1.74. The van der Waals surface area contributed by atoms with Crippen molar-refractivity contribution in [2.24, 2.45) is 7.05 Å². The first-order valence-electron chi connectivity index (χ1n) is 8.48. The molecule has 2 aromatic carbocycles. The summed E-state index contributed by atoms with van der Waals surface area (Å²) in [6.07, 6.45) is 1.45. The third-order valence-electron chi connectivity index (χ3n) is 4.19. The van der Waals surface area contributed by atoms with Crippen LogP contribution in [-0.2, 0) is 20.2 Å². The van der Waals surface area contributed by atoms with Crippen LogP contribution < -0.4 is 10.1 Å². The predicted molar refractivity (Wildman–Crippen MR) is 99.3 cm³/mol. The van der Waals surface area contributed by atoms with E-state index in [0.29, 0.717) is 13.2 Å². The molecule has 1 aromatic heterocycles. The van der Waals surface area contributed by atoms with Crippen LogP contribution in [0.1, 0.15) is 22.9 Å².